The minimum Gasteiger partial charge on any atom is -0.341 e. The van der Waals surface area contributed by atoms with Crippen LogP contribution in [0, 0.1) is 17.8 Å². The lowest BCUT2D eigenvalue weighted by atomic mass is 10.0. The fraction of sp³-hybridized carbons (Fsp3) is 0.933. The highest BCUT2D eigenvalue weighted by Crippen LogP contribution is 2.12. The maximum Gasteiger partial charge on any atom is 0.239 e. The molecule has 0 fully saturated rings. The van der Waals surface area contributed by atoms with Gasteiger partial charge < -0.3 is 10.6 Å². The van der Waals surface area contributed by atoms with Crippen molar-refractivity contribution >= 4 is 5.91 Å². The molecule has 0 heterocycles. The predicted octanol–water partition coefficient (Wildman–Crippen LogP) is 2.89. The fourth-order valence-corrected chi connectivity index (χ4v) is 1.76. The van der Waals surface area contributed by atoms with E-state index in [9.17, 15) is 4.79 Å². The zero-order valence-electron chi connectivity index (χ0n) is 13.1. The summed E-state index contributed by atoms with van der Waals surface area (Å²) in [4.78, 5) is 14.4. The molecule has 0 radical (unpaired) electrons. The van der Waals surface area contributed by atoms with Crippen LogP contribution in [-0.4, -0.2) is 29.9 Å². The van der Waals surface area contributed by atoms with Gasteiger partial charge in [0, 0.05) is 13.1 Å². The molecule has 3 atom stereocenters. The fourth-order valence-electron chi connectivity index (χ4n) is 1.76. The molecule has 0 rings (SSSR count). The van der Waals surface area contributed by atoms with Crippen molar-refractivity contribution in [2.75, 3.05) is 13.1 Å². The van der Waals surface area contributed by atoms with E-state index in [2.05, 4.69) is 27.7 Å². The molecular formula is C15H32N2O. The Bertz CT molecular complexity index is 229. The van der Waals surface area contributed by atoms with E-state index in [0.29, 0.717) is 11.8 Å². The molecule has 0 bridgehead atoms. The molecule has 18 heavy (non-hydrogen) atoms. The molecule has 3 heteroatoms. The van der Waals surface area contributed by atoms with Crippen LogP contribution in [0.25, 0.3) is 0 Å². The summed E-state index contributed by atoms with van der Waals surface area (Å²) in [6, 6.07) is -0.363. The van der Waals surface area contributed by atoms with Crippen LogP contribution in [0.4, 0.5) is 0 Å². The van der Waals surface area contributed by atoms with E-state index in [1.54, 1.807) is 0 Å². The van der Waals surface area contributed by atoms with E-state index >= 15 is 0 Å². The van der Waals surface area contributed by atoms with Crippen LogP contribution >= 0.6 is 0 Å². The molecule has 108 valence electrons. The highest BCUT2D eigenvalue weighted by atomic mass is 16.2. The van der Waals surface area contributed by atoms with Crippen LogP contribution in [0.1, 0.15) is 54.4 Å². The van der Waals surface area contributed by atoms with Gasteiger partial charge in [0.1, 0.15) is 0 Å². The lowest BCUT2D eigenvalue weighted by Gasteiger charge is -2.31. The van der Waals surface area contributed by atoms with E-state index in [4.69, 9.17) is 5.73 Å². The Morgan fingerprint density at radius 3 is 1.67 bits per heavy atom. The van der Waals surface area contributed by atoms with Crippen LogP contribution in [0.3, 0.4) is 0 Å². The molecule has 3 nitrogen and oxygen atoms in total. The molecule has 0 saturated heterocycles. The predicted molar refractivity (Wildman–Crippen MR) is 78.3 cm³/mol. The van der Waals surface area contributed by atoms with Gasteiger partial charge in [-0.15, -0.1) is 0 Å². The van der Waals surface area contributed by atoms with E-state index in [0.717, 1.165) is 25.9 Å². The van der Waals surface area contributed by atoms with Crippen LogP contribution in [0.5, 0.6) is 0 Å². The second kappa shape index (κ2) is 8.52. The highest BCUT2D eigenvalue weighted by molar-refractivity contribution is 5.81. The lowest BCUT2D eigenvalue weighted by molar-refractivity contribution is -0.134. The summed E-state index contributed by atoms with van der Waals surface area (Å²) in [5, 5.41) is 0. The average molecular weight is 256 g/mol. The van der Waals surface area contributed by atoms with Crippen molar-refractivity contribution in [3.63, 3.8) is 0 Å². The number of hydrogen-bond donors (Lipinski definition) is 1. The van der Waals surface area contributed by atoms with Crippen LogP contribution in [0.2, 0.25) is 0 Å². The second-order valence-corrected chi connectivity index (χ2v) is 6.04. The Kier molecular flexibility index (Phi) is 8.25. The van der Waals surface area contributed by atoms with Crippen molar-refractivity contribution < 1.29 is 4.79 Å². The zero-order chi connectivity index (χ0) is 14.3. The lowest BCUT2D eigenvalue weighted by Crippen LogP contribution is -2.49. The normalized spacial score (nSPS) is 16.4. The van der Waals surface area contributed by atoms with Gasteiger partial charge >= 0.3 is 0 Å². The SMILES string of the molecule is CCC(C)CN(CC(C)CC)C(=O)[C@@H](N)C(C)C. The van der Waals surface area contributed by atoms with Gasteiger partial charge in [-0.3, -0.25) is 4.79 Å². The number of nitrogens with two attached hydrogens (primary N) is 1. The van der Waals surface area contributed by atoms with E-state index < -0.39 is 0 Å². The number of rotatable bonds is 8. The van der Waals surface area contributed by atoms with Gasteiger partial charge in [0.25, 0.3) is 0 Å². The number of hydrogen-bond acceptors (Lipinski definition) is 2. The summed E-state index contributed by atoms with van der Waals surface area (Å²) in [5.74, 6) is 1.40. The van der Waals surface area contributed by atoms with Crippen molar-refractivity contribution in [1.29, 1.82) is 0 Å². The van der Waals surface area contributed by atoms with E-state index in [-0.39, 0.29) is 17.9 Å². The second-order valence-electron chi connectivity index (χ2n) is 6.04. The summed E-state index contributed by atoms with van der Waals surface area (Å²) in [6.07, 6.45) is 2.20. The topological polar surface area (TPSA) is 46.3 Å². The quantitative estimate of drug-likeness (QED) is 0.726. The number of amides is 1. The highest BCUT2D eigenvalue weighted by Gasteiger charge is 2.25. The molecule has 0 aromatic heterocycles. The molecule has 0 aliphatic heterocycles. The first-order valence-electron chi connectivity index (χ1n) is 7.37. The van der Waals surface area contributed by atoms with Crippen molar-refractivity contribution in [3.8, 4) is 0 Å². The van der Waals surface area contributed by atoms with Gasteiger partial charge in [-0.2, -0.15) is 0 Å². The maximum absolute atomic E-state index is 12.4. The smallest absolute Gasteiger partial charge is 0.239 e. The zero-order valence-corrected chi connectivity index (χ0v) is 13.1. The number of nitrogens with zero attached hydrogens (tertiary/aromatic N) is 1. The van der Waals surface area contributed by atoms with Gasteiger partial charge in [0.2, 0.25) is 5.91 Å². The molecule has 0 aliphatic carbocycles. The molecule has 0 aromatic carbocycles. The standard InChI is InChI=1S/C15H32N2O/c1-7-12(5)9-17(10-13(6)8-2)15(18)14(16)11(3)4/h11-14H,7-10,16H2,1-6H3/t12?,13?,14-/m0/s1. The van der Waals surface area contributed by atoms with Crippen LogP contribution < -0.4 is 5.73 Å². The number of carbonyl (C=O) groups is 1. The van der Waals surface area contributed by atoms with Crippen molar-refractivity contribution in [3.05, 3.63) is 0 Å². The van der Waals surface area contributed by atoms with Crippen molar-refractivity contribution in [2.24, 2.45) is 23.5 Å². The number of carbonyl (C=O) groups excluding carboxylic acids is 1. The Hall–Kier alpha value is -0.570. The summed E-state index contributed by atoms with van der Waals surface area (Å²) in [7, 11) is 0. The summed E-state index contributed by atoms with van der Waals surface area (Å²) < 4.78 is 0. The third-order valence-corrected chi connectivity index (χ3v) is 3.77. The minimum absolute atomic E-state index is 0.116. The van der Waals surface area contributed by atoms with E-state index in [1.165, 1.54) is 0 Å². The van der Waals surface area contributed by atoms with Crippen LogP contribution in [0.15, 0.2) is 0 Å². The Morgan fingerprint density at radius 2 is 1.39 bits per heavy atom. The van der Waals surface area contributed by atoms with Crippen molar-refractivity contribution in [1.82, 2.24) is 4.90 Å². The first-order chi connectivity index (χ1) is 8.33. The molecule has 1 amide bonds. The Morgan fingerprint density at radius 1 is 1.00 bits per heavy atom. The summed E-state index contributed by atoms with van der Waals surface area (Å²) in [6.45, 7) is 14.4. The third kappa shape index (κ3) is 5.85. The van der Waals surface area contributed by atoms with Gasteiger partial charge in [-0.25, -0.2) is 0 Å². The van der Waals surface area contributed by atoms with Gasteiger partial charge in [0.05, 0.1) is 6.04 Å². The average Bonchev–Trinajstić information content (AvgIpc) is 2.35. The first-order valence-corrected chi connectivity index (χ1v) is 7.37. The molecule has 0 aliphatic rings. The summed E-state index contributed by atoms with van der Waals surface area (Å²) in [5.41, 5.74) is 6.00. The van der Waals surface area contributed by atoms with E-state index in [1.807, 2.05) is 18.7 Å². The largest absolute Gasteiger partial charge is 0.341 e. The monoisotopic (exact) mass is 256 g/mol. The third-order valence-electron chi connectivity index (χ3n) is 3.77. The molecule has 0 aromatic rings. The van der Waals surface area contributed by atoms with Crippen molar-refractivity contribution in [2.45, 2.75) is 60.4 Å². The summed E-state index contributed by atoms with van der Waals surface area (Å²) >= 11 is 0. The van der Waals surface area contributed by atoms with Gasteiger partial charge in [-0.1, -0.05) is 54.4 Å². The van der Waals surface area contributed by atoms with Gasteiger partial charge in [-0.05, 0) is 17.8 Å². The maximum atomic E-state index is 12.4. The Labute approximate surface area is 113 Å². The van der Waals surface area contributed by atoms with Crippen LogP contribution in [-0.2, 0) is 4.79 Å². The van der Waals surface area contributed by atoms with Gasteiger partial charge in [0.15, 0.2) is 0 Å². The molecule has 2 N–H and O–H groups in total. The minimum atomic E-state index is -0.363. The molecule has 0 saturated carbocycles. The molecule has 0 spiro atoms. The Balaban J connectivity index is 4.68. The first kappa shape index (κ1) is 17.4. The molecular weight excluding hydrogens is 224 g/mol. The molecule has 2 unspecified atom stereocenters.